The van der Waals surface area contributed by atoms with E-state index in [0.717, 1.165) is 36.2 Å². The SMILES string of the molecule is CCn1nc(CC(=O)C2CNC2)c2ccccc21. The van der Waals surface area contributed by atoms with Crippen molar-refractivity contribution in [3.8, 4) is 0 Å². The maximum atomic E-state index is 12.0. The minimum atomic E-state index is 0.190. The van der Waals surface area contributed by atoms with Crippen molar-refractivity contribution in [1.82, 2.24) is 15.1 Å². The number of hydrogen-bond donors (Lipinski definition) is 1. The number of para-hydroxylation sites is 1. The number of carbonyl (C=O) groups is 1. The second-order valence-corrected chi connectivity index (χ2v) is 4.78. The van der Waals surface area contributed by atoms with E-state index in [4.69, 9.17) is 0 Å². The highest BCUT2D eigenvalue weighted by atomic mass is 16.1. The van der Waals surface area contributed by atoms with Crippen molar-refractivity contribution < 1.29 is 4.79 Å². The molecule has 4 nitrogen and oxygen atoms in total. The van der Waals surface area contributed by atoms with Gasteiger partial charge in [0.2, 0.25) is 0 Å². The molecule has 2 heterocycles. The Hall–Kier alpha value is -1.68. The van der Waals surface area contributed by atoms with Gasteiger partial charge in [0.05, 0.1) is 17.6 Å². The average Bonchev–Trinajstić information content (AvgIpc) is 2.66. The highest BCUT2D eigenvalue weighted by molar-refractivity contribution is 5.90. The molecule has 1 aliphatic heterocycles. The molecule has 0 atom stereocenters. The van der Waals surface area contributed by atoms with E-state index in [-0.39, 0.29) is 5.92 Å². The minimum Gasteiger partial charge on any atom is -0.315 e. The fourth-order valence-electron chi connectivity index (χ4n) is 2.39. The number of nitrogens with zero attached hydrogens (tertiary/aromatic N) is 2. The van der Waals surface area contributed by atoms with Crippen LogP contribution in [0.15, 0.2) is 24.3 Å². The van der Waals surface area contributed by atoms with Gasteiger partial charge in [-0.15, -0.1) is 0 Å². The van der Waals surface area contributed by atoms with Crippen molar-refractivity contribution in [2.24, 2.45) is 5.92 Å². The summed E-state index contributed by atoms with van der Waals surface area (Å²) in [5.41, 5.74) is 2.04. The Morgan fingerprint density at radius 3 is 2.89 bits per heavy atom. The molecule has 3 rings (SSSR count). The van der Waals surface area contributed by atoms with E-state index < -0.39 is 0 Å². The highest BCUT2D eigenvalue weighted by Crippen LogP contribution is 2.20. The van der Waals surface area contributed by atoms with Gasteiger partial charge in [-0.3, -0.25) is 9.48 Å². The molecule has 0 unspecified atom stereocenters. The molecule has 1 N–H and O–H groups in total. The van der Waals surface area contributed by atoms with Crippen LogP contribution in [0.1, 0.15) is 12.6 Å². The summed E-state index contributed by atoms with van der Waals surface area (Å²) in [4.78, 5) is 12.0. The van der Waals surface area contributed by atoms with Crippen LogP contribution in [-0.2, 0) is 17.8 Å². The van der Waals surface area contributed by atoms with Crippen molar-refractivity contribution in [3.63, 3.8) is 0 Å². The molecule has 1 fully saturated rings. The molecule has 94 valence electrons. The molecule has 0 amide bonds. The highest BCUT2D eigenvalue weighted by Gasteiger charge is 2.26. The molecule has 1 aromatic carbocycles. The predicted molar refractivity (Wildman–Crippen MR) is 70.5 cm³/mol. The predicted octanol–water partition coefficient (Wildman–Crippen LogP) is 1.39. The van der Waals surface area contributed by atoms with Crippen molar-refractivity contribution in [2.75, 3.05) is 13.1 Å². The fourth-order valence-corrected chi connectivity index (χ4v) is 2.39. The summed E-state index contributed by atoms with van der Waals surface area (Å²) in [7, 11) is 0. The second kappa shape index (κ2) is 4.53. The van der Waals surface area contributed by atoms with Gasteiger partial charge in [0.25, 0.3) is 0 Å². The second-order valence-electron chi connectivity index (χ2n) is 4.78. The first kappa shape index (κ1) is 11.4. The van der Waals surface area contributed by atoms with Crippen LogP contribution in [0.4, 0.5) is 0 Å². The Balaban J connectivity index is 1.93. The van der Waals surface area contributed by atoms with E-state index in [2.05, 4.69) is 29.5 Å². The smallest absolute Gasteiger partial charge is 0.144 e. The standard InChI is InChI=1S/C14H17N3O/c1-2-17-13-6-4-3-5-11(13)12(16-17)7-14(18)10-8-15-9-10/h3-6,10,15H,2,7-9H2,1H3. The van der Waals surface area contributed by atoms with E-state index >= 15 is 0 Å². The summed E-state index contributed by atoms with van der Waals surface area (Å²) < 4.78 is 1.97. The lowest BCUT2D eigenvalue weighted by Crippen LogP contribution is -2.47. The van der Waals surface area contributed by atoms with E-state index in [0.29, 0.717) is 12.2 Å². The molecule has 2 aromatic rings. The third kappa shape index (κ3) is 1.82. The van der Waals surface area contributed by atoms with Crippen molar-refractivity contribution >= 4 is 16.7 Å². The first-order valence-corrected chi connectivity index (χ1v) is 6.47. The summed E-state index contributed by atoms with van der Waals surface area (Å²) >= 11 is 0. The number of benzene rings is 1. The van der Waals surface area contributed by atoms with Gasteiger partial charge in [0.15, 0.2) is 0 Å². The topological polar surface area (TPSA) is 46.9 Å². The lowest BCUT2D eigenvalue weighted by Gasteiger charge is -2.25. The van der Waals surface area contributed by atoms with Gasteiger partial charge in [0, 0.05) is 30.9 Å². The van der Waals surface area contributed by atoms with Crippen LogP contribution in [0.3, 0.4) is 0 Å². The molecule has 18 heavy (non-hydrogen) atoms. The van der Waals surface area contributed by atoms with Gasteiger partial charge < -0.3 is 5.32 Å². The molecular formula is C14H17N3O. The lowest BCUT2D eigenvalue weighted by atomic mass is 9.94. The zero-order valence-electron chi connectivity index (χ0n) is 10.5. The number of carbonyl (C=O) groups excluding carboxylic acids is 1. The van der Waals surface area contributed by atoms with Gasteiger partial charge in [-0.1, -0.05) is 18.2 Å². The van der Waals surface area contributed by atoms with Gasteiger partial charge in [0.1, 0.15) is 5.78 Å². The minimum absolute atomic E-state index is 0.190. The maximum absolute atomic E-state index is 12.0. The number of aryl methyl sites for hydroxylation is 1. The van der Waals surface area contributed by atoms with Gasteiger partial charge in [-0.25, -0.2) is 0 Å². The normalized spacial score (nSPS) is 15.8. The molecule has 1 aliphatic rings. The summed E-state index contributed by atoms with van der Waals surface area (Å²) in [6.07, 6.45) is 0.458. The molecule has 0 bridgehead atoms. The van der Waals surface area contributed by atoms with Crippen LogP contribution in [0.25, 0.3) is 10.9 Å². The number of fused-ring (bicyclic) bond motifs is 1. The van der Waals surface area contributed by atoms with Crippen LogP contribution in [0, 0.1) is 5.92 Å². The van der Waals surface area contributed by atoms with Crippen LogP contribution in [-0.4, -0.2) is 28.7 Å². The quantitative estimate of drug-likeness (QED) is 0.882. The van der Waals surface area contributed by atoms with E-state index in [1.165, 1.54) is 0 Å². The Morgan fingerprint density at radius 1 is 1.44 bits per heavy atom. The largest absolute Gasteiger partial charge is 0.315 e. The number of aromatic nitrogens is 2. The number of ketones is 1. The van der Waals surface area contributed by atoms with Crippen molar-refractivity contribution in [2.45, 2.75) is 19.9 Å². The number of rotatable bonds is 4. The third-order valence-electron chi connectivity index (χ3n) is 3.61. The molecule has 0 saturated carbocycles. The molecule has 4 heteroatoms. The molecule has 0 radical (unpaired) electrons. The molecule has 1 aromatic heterocycles. The third-order valence-corrected chi connectivity index (χ3v) is 3.61. The van der Waals surface area contributed by atoms with E-state index in [9.17, 15) is 4.79 Å². The number of nitrogens with one attached hydrogen (secondary N) is 1. The van der Waals surface area contributed by atoms with Crippen molar-refractivity contribution in [3.05, 3.63) is 30.0 Å². The first-order chi connectivity index (χ1) is 8.79. The Morgan fingerprint density at radius 2 is 2.22 bits per heavy atom. The zero-order chi connectivity index (χ0) is 12.5. The number of hydrogen-bond acceptors (Lipinski definition) is 3. The van der Waals surface area contributed by atoms with Crippen LogP contribution in [0.5, 0.6) is 0 Å². The number of Topliss-reactive ketones (excluding diaryl/α,β-unsaturated/α-hetero) is 1. The Kier molecular flexibility index (Phi) is 2.88. The average molecular weight is 243 g/mol. The zero-order valence-corrected chi connectivity index (χ0v) is 10.5. The van der Waals surface area contributed by atoms with Gasteiger partial charge >= 0.3 is 0 Å². The van der Waals surface area contributed by atoms with Gasteiger partial charge in [-0.2, -0.15) is 5.10 Å². The Labute approximate surface area is 106 Å². The molecule has 0 aliphatic carbocycles. The van der Waals surface area contributed by atoms with Crippen LogP contribution < -0.4 is 5.32 Å². The maximum Gasteiger partial charge on any atom is 0.144 e. The van der Waals surface area contributed by atoms with Crippen LogP contribution in [0.2, 0.25) is 0 Å². The summed E-state index contributed by atoms with van der Waals surface area (Å²) in [5, 5.41) is 8.81. The molecule has 1 saturated heterocycles. The summed E-state index contributed by atoms with van der Waals surface area (Å²) in [6, 6.07) is 8.13. The van der Waals surface area contributed by atoms with Crippen LogP contribution >= 0.6 is 0 Å². The lowest BCUT2D eigenvalue weighted by molar-refractivity contribution is -0.123. The summed E-state index contributed by atoms with van der Waals surface area (Å²) in [6.45, 7) is 4.55. The van der Waals surface area contributed by atoms with E-state index in [1.54, 1.807) is 0 Å². The fraction of sp³-hybridized carbons (Fsp3) is 0.429. The van der Waals surface area contributed by atoms with E-state index in [1.807, 2.05) is 16.8 Å². The van der Waals surface area contributed by atoms with Gasteiger partial charge in [-0.05, 0) is 13.0 Å². The summed E-state index contributed by atoms with van der Waals surface area (Å²) in [5.74, 6) is 0.496. The van der Waals surface area contributed by atoms with Crippen molar-refractivity contribution in [1.29, 1.82) is 0 Å². The first-order valence-electron chi connectivity index (χ1n) is 6.47. The molecule has 0 spiro atoms. The monoisotopic (exact) mass is 243 g/mol. The molecular weight excluding hydrogens is 226 g/mol. The Bertz CT molecular complexity index is 584.